The second-order valence-corrected chi connectivity index (χ2v) is 4.12. The van der Waals surface area contributed by atoms with Gasteiger partial charge in [0.2, 0.25) is 0 Å². The van der Waals surface area contributed by atoms with Crippen molar-refractivity contribution in [2.75, 3.05) is 13.7 Å². The van der Waals surface area contributed by atoms with Gasteiger partial charge < -0.3 is 10.4 Å². The number of fused-ring (bicyclic) bond motifs is 1. The van der Waals surface area contributed by atoms with Crippen molar-refractivity contribution in [3.8, 4) is 0 Å². The molecule has 3 heteroatoms. The number of hydrogen-bond acceptors (Lipinski definition) is 3. The summed E-state index contributed by atoms with van der Waals surface area (Å²) in [4.78, 5) is 0. The lowest BCUT2D eigenvalue weighted by Crippen LogP contribution is -2.19. The predicted molar refractivity (Wildman–Crippen MR) is 60.7 cm³/mol. The summed E-state index contributed by atoms with van der Waals surface area (Å²) < 4.78 is 1.27. The Morgan fingerprint density at radius 1 is 1.43 bits per heavy atom. The lowest BCUT2D eigenvalue weighted by atomic mass is 10.1. The number of thiophene rings is 1. The first-order chi connectivity index (χ1) is 6.86. The van der Waals surface area contributed by atoms with E-state index in [1.165, 1.54) is 15.6 Å². The summed E-state index contributed by atoms with van der Waals surface area (Å²) in [6.07, 6.45) is 0. The molecule has 2 aromatic rings. The fourth-order valence-electron chi connectivity index (χ4n) is 1.61. The van der Waals surface area contributed by atoms with Gasteiger partial charge in [0.1, 0.15) is 0 Å². The van der Waals surface area contributed by atoms with Crippen molar-refractivity contribution in [3.05, 3.63) is 35.2 Å². The fourth-order valence-corrected chi connectivity index (χ4v) is 2.63. The van der Waals surface area contributed by atoms with E-state index in [1.54, 1.807) is 11.3 Å². The summed E-state index contributed by atoms with van der Waals surface area (Å²) >= 11 is 1.72. The number of aliphatic hydroxyl groups excluding tert-OH is 1. The van der Waals surface area contributed by atoms with E-state index in [-0.39, 0.29) is 12.6 Å². The Hall–Kier alpha value is -0.900. The van der Waals surface area contributed by atoms with Gasteiger partial charge in [-0.1, -0.05) is 18.2 Å². The number of benzene rings is 1. The maximum absolute atomic E-state index is 9.20. The first-order valence-corrected chi connectivity index (χ1v) is 5.49. The van der Waals surface area contributed by atoms with Gasteiger partial charge in [-0.3, -0.25) is 0 Å². The van der Waals surface area contributed by atoms with Crippen molar-refractivity contribution in [3.63, 3.8) is 0 Å². The van der Waals surface area contributed by atoms with Crippen molar-refractivity contribution in [1.82, 2.24) is 5.32 Å². The Morgan fingerprint density at radius 3 is 2.93 bits per heavy atom. The molecule has 2 nitrogen and oxygen atoms in total. The lowest BCUT2D eigenvalue weighted by molar-refractivity contribution is 0.252. The molecule has 2 N–H and O–H groups in total. The van der Waals surface area contributed by atoms with E-state index in [4.69, 9.17) is 0 Å². The standard InChI is InChI=1S/C11H13NOS/c1-12-10(6-13)9-7-14-11-5-3-2-4-8(9)11/h2-5,7,10,12-13H,6H2,1H3. The molecule has 74 valence electrons. The summed E-state index contributed by atoms with van der Waals surface area (Å²) in [5, 5.41) is 15.7. The first-order valence-electron chi connectivity index (χ1n) is 4.61. The van der Waals surface area contributed by atoms with Gasteiger partial charge in [0.15, 0.2) is 0 Å². The van der Waals surface area contributed by atoms with Crippen molar-refractivity contribution < 1.29 is 5.11 Å². The minimum absolute atomic E-state index is 0.0474. The van der Waals surface area contributed by atoms with Gasteiger partial charge in [-0.15, -0.1) is 11.3 Å². The maximum Gasteiger partial charge on any atom is 0.0626 e. The third-order valence-electron chi connectivity index (χ3n) is 2.42. The van der Waals surface area contributed by atoms with Crippen LogP contribution in [-0.2, 0) is 0 Å². The second kappa shape index (κ2) is 4.09. The van der Waals surface area contributed by atoms with Crippen LogP contribution in [0, 0.1) is 0 Å². The van der Waals surface area contributed by atoms with Gasteiger partial charge in [-0.2, -0.15) is 0 Å². The monoisotopic (exact) mass is 207 g/mol. The topological polar surface area (TPSA) is 32.3 Å². The van der Waals surface area contributed by atoms with Crippen LogP contribution in [0.1, 0.15) is 11.6 Å². The van der Waals surface area contributed by atoms with E-state index < -0.39 is 0 Å². The van der Waals surface area contributed by atoms with Crippen LogP contribution in [0.5, 0.6) is 0 Å². The minimum atomic E-state index is 0.0474. The molecule has 0 saturated heterocycles. The number of rotatable bonds is 3. The van der Waals surface area contributed by atoms with Gasteiger partial charge in [-0.05, 0) is 29.4 Å². The zero-order chi connectivity index (χ0) is 9.97. The third kappa shape index (κ3) is 1.54. The SMILES string of the molecule is CNC(CO)c1csc2ccccc12. The van der Waals surface area contributed by atoms with E-state index in [2.05, 4.69) is 22.8 Å². The van der Waals surface area contributed by atoms with Crippen molar-refractivity contribution in [2.24, 2.45) is 0 Å². The molecule has 0 aliphatic heterocycles. The smallest absolute Gasteiger partial charge is 0.0626 e. The molecular weight excluding hydrogens is 194 g/mol. The van der Waals surface area contributed by atoms with Crippen LogP contribution in [0.3, 0.4) is 0 Å². The van der Waals surface area contributed by atoms with Gasteiger partial charge in [0, 0.05) is 4.70 Å². The predicted octanol–water partition coefficient (Wildman–Crippen LogP) is 2.15. The molecule has 0 bridgehead atoms. The number of hydrogen-bond donors (Lipinski definition) is 2. The van der Waals surface area contributed by atoms with Gasteiger partial charge in [0.05, 0.1) is 12.6 Å². The molecule has 1 aromatic heterocycles. The van der Waals surface area contributed by atoms with Crippen LogP contribution in [0.2, 0.25) is 0 Å². The van der Waals surface area contributed by atoms with E-state index in [1.807, 2.05) is 19.2 Å². The molecule has 1 unspecified atom stereocenters. The summed E-state index contributed by atoms with van der Waals surface area (Å²) in [6.45, 7) is 0.136. The molecular formula is C11H13NOS. The number of nitrogens with one attached hydrogen (secondary N) is 1. The van der Waals surface area contributed by atoms with E-state index in [0.29, 0.717) is 0 Å². The normalized spacial score (nSPS) is 13.3. The summed E-state index contributed by atoms with van der Waals surface area (Å²) in [6, 6.07) is 8.32. The Balaban J connectivity index is 2.51. The zero-order valence-electron chi connectivity index (χ0n) is 8.03. The molecule has 1 atom stereocenters. The average molecular weight is 207 g/mol. The molecule has 0 saturated carbocycles. The molecule has 2 rings (SSSR count). The van der Waals surface area contributed by atoms with Crippen molar-refractivity contribution in [1.29, 1.82) is 0 Å². The van der Waals surface area contributed by atoms with Gasteiger partial charge in [-0.25, -0.2) is 0 Å². The highest BCUT2D eigenvalue weighted by atomic mass is 32.1. The number of aliphatic hydroxyl groups is 1. The average Bonchev–Trinajstić information content (AvgIpc) is 2.65. The summed E-state index contributed by atoms with van der Waals surface area (Å²) in [5.74, 6) is 0. The Labute approximate surface area is 87.2 Å². The Kier molecular flexibility index (Phi) is 2.82. The maximum atomic E-state index is 9.20. The van der Waals surface area contributed by atoms with E-state index >= 15 is 0 Å². The molecule has 14 heavy (non-hydrogen) atoms. The Morgan fingerprint density at radius 2 is 2.21 bits per heavy atom. The van der Waals surface area contributed by atoms with Crippen LogP contribution < -0.4 is 5.32 Å². The summed E-state index contributed by atoms with van der Waals surface area (Å²) in [7, 11) is 1.87. The van der Waals surface area contributed by atoms with Crippen molar-refractivity contribution in [2.45, 2.75) is 6.04 Å². The number of likely N-dealkylation sites (N-methyl/N-ethyl adjacent to an activating group) is 1. The second-order valence-electron chi connectivity index (χ2n) is 3.21. The first kappa shape index (κ1) is 9.65. The quantitative estimate of drug-likeness (QED) is 0.808. The van der Waals surface area contributed by atoms with Crippen LogP contribution in [0.25, 0.3) is 10.1 Å². The van der Waals surface area contributed by atoms with Gasteiger partial charge in [0.25, 0.3) is 0 Å². The minimum Gasteiger partial charge on any atom is -0.394 e. The molecule has 0 aliphatic carbocycles. The highest BCUT2D eigenvalue weighted by molar-refractivity contribution is 7.17. The molecule has 1 heterocycles. The van der Waals surface area contributed by atoms with Gasteiger partial charge >= 0.3 is 0 Å². The molecule has 0 amide bonds. The molecule has 0 radical (unpaired) electrons. The molecule has 0 fully saturated rings. The highest BCUT2D eigenvalue weighted by Gasteiger charge is 2.12. The largest absolute Gasteiger partial charge is 0.394 e. The van der Waals surface area contributed by atoms with Crippen LogP contribution >= 0.6 is 11.3 Å². The highest BCUT2D eigenvalue weighted by Crippen LogP contribution is 2.29. The van der Waals surface area contributed by atoms with Crippen molar-refractivity contribution >= 4 is 21.4 Å². The zero-order valence-corrected chi connectivity index (χ0v) is 8.84. The third-order valence-corrected chi connectivity index (χ3v) is 3.40. The van der Waals surface area contributed by atoms with Crippen LogP contribution in [0.15, 0.2) is 29.6 Å². The Bertz CT molecular complexity index is 420. The lowest BCUT2D eigenvalue weighted by Gasteiger charge is -2.11. The van der Waals surface area contributed by atoms with E-state index in [9.17, 15) is 5.11 Å². The molecule has 0 spiro atoms. The van der Waals surface area contributed by atoms with Crippen LogP contribution in [-0.4, -0.2) is 18.8 Å². The molecule has 0 aliphatic rings. The van der Waals surface area contributed by atoms with E-state index in [0.717, 1.165) is 0 Å². The fraction of sp³-hybridized carbons (Fsp3) is 0.273. The van der Waals surface area contributed by atoms with Crippen LogP contribution in [0.4, 0.5) is 0 Å². The summed E-state index contributed by atoms with van der Waals surface area (Å²) in [5.41, 5.74) is 1.19. The molecule has 1 aromatic carbocycles.